The molecule has 0 fully saturated rings. The highest BCUT2D eigenvalue weighted by Gasteiger charge is 2.12. The van der Waals surface area contributed by atoms with E-state index in [2.05, 4.69) is 0 Å². The van der Waals surface area contributed by atoms with Gasteiger partial charge in [0.25, 0.3) is 0 Å². The first kappa shape index (κ1) is 18.8. The minimum Gasteiger partial charge on any atom is -0.497 e. The second-order valence-corrected chi connectivity index (χ2v) is 4.80. The van der Waals surface area contributed by atoms with Gasteiger partial charge in [0.15, 0.2) is 0 Å². The molecule has 0 bridgehead atoms. The molecule has 0 spiro atoms. The van der Waals surface area contributed by atoms with Gasteiger partial charge in [-0.15, -0.1) is 0 Å². The Morgan fingerprint density at radius 2 is 1.39 bits per heavy atom. The van der Waals surface area contributed by atoms with Crippen LogP contribution in [0.4, 0.5) is 5.69 Å². The fourth-order valence-corrected chi connectivity index (χ4v) is 2.08. The second kappa shape index (κ2) is 10.5. The molecule has 0 atom stereocenters. The van der Waals surface area contributed by atoms with Crippen molar-refractivity contribution in [1.29, 1.82) is 0 Å². The minimum absolute atomic E-state index is 0.248. The molecule has 0 saturated carbocycles. The number of methoxy groups -OCH3 is 1. The van der Waals surface area contributed by atoms with E-state index in [1.165, 1.54) is 0 Å². The Balaban J connectivity index is 2.69. The molecule has 6 heteroatoms. The average Bonchev–Trinajstić information content (AvgIpc) is 2.55. The first-order valence-corrected chi connectivity index (χ1v) is 7.80. The van der Waals surface area contributed by atoms with Crippen molar-refractivity contribution in [3.8, 4) is 5.75 Å². The number of ether oxygens (including phenoxy) is 3. The van der Waals surface area contributed by atoms with E-state index in [1.54, 1.807) is 21.0 Å². The molecular weight excluding hydrogens is 298 g/mol. The van der Waals surface area contributed by atoms with Crippen LogP contribution in [-0.4, -0.2) is 45.4 Å². The molecule has 128 valence electrons. The lowest BCUT2D eigenvalue weighted by molar-refractivity contribution is -0.143. The van der Waals surface area contributed by atoms with Gasteiger partial charge in [-0.05, 0) is 38.1 Å². The van der Waals surface area contributed by atoms with Crippen molar-refractivity contribution < 1.29 is 23.8 Å². The zero-order valence-corrected chi connectivity index (χ0v) is 14.0. The van der Waals surface area contributed by atoms with Gasteiger partial charge in [0.1, 0.15) is 5.75 Å². The molecule has 0 heterocycles. The first-order valence-electron chi connectivity index (χ1n) is 7.80. The third kappa shape index (κ3) is 7.04. The van der Waals surface area contributed by atoms with E-state index < -0.39 is 0 Å². The Kier molecular flexibility index (Phi) is 8.57. The van der Waals surface area contributed by atoms with Crippen LogP contribution in [0.25, 0.3) is 0 Å². The Morgan fingerprint density at radius 3 is 1.78 bits per heavy atom. The summed E-state index contributed by atoms with van der Waals surface area (Å²) in [7, 11) is 1.61. The summed E-state index contributed by atoms with van der Waals surface area (Å²) < 4.78 is 15.0. The van der Waals surface area contributed by atoms with E-state index in [9.17, 15) is 9.59 Å². The molecule has 0 unspecified atom stereocenters. The third-order valence-electron chi connectivity index (χ3n) is 3.22. The fourth-order valence-electron chi connectivity index (χ4n) is 2.08. The van der Waals surface area contributed by atoms with Gasteiger partial charge in [-0.25, -0.2) is 0 Å². The van der Waals surface area contributed by atoms with Crippen LogP contribution in [0.1, 0.15) is 26.7 Å². The van der Waals surface area contributed by atoms with Crippen molar-refractivity contribution in [3.63, 3.8) is 0 Å². The lowest BCUT2D eigenvalue weighted by atomic mass is 10.2. The summed E-state index contributed by atoms with van der Waals surface area (Å²) in [5.74, 6) is 0.258. The molecule has 0 aliphatic carbocycles. The number of carbonyl (C=O) groups is 2. The molecule has 1 rings (SSSR count). The molecular formula is C17H25NO5. The van der Waals surface area contributed by atoms with Crippen molar-refractivity contribution in [3.05, 3.63) is 24.3 Å². The average molecular weight is 323 g/mol. The van der Waals surface area contributed by atoms with Crippen LogP contribution in [0.2, 0.25) is 0 Å². The highest BCUT2D eigenvalue weighted by Crippen LogP contribution is 2.20. The van der Waals surface area contributed by atoms with Crippen LogP contribution in [0.15, 0.2) is 24.3 Å². The highest BCUT2D eigenvalue weighted by atomic mass is 16.5. The Morgan fingerprint density at radius 1 is 0.913 bits per heavy atom. The number of anilines is 1. The molecule has 0 radical (unpaired) electrons. The summed E-state index contributed by atoms with van der Waals surface area (Å²) in [6.45, 7) is 5.24. The number of rotatable bonds is 10. The maximum atomic E-state index is 11.6. The van der Waals surface area contributed by atoms with Crippen LogP contribution >= 0.6 is 0 Å². The summed E-state index contributed by atoms with van der Waals surface area (Å²) in [6.07, 6.45) is 0.533. The maximum absolute atomic E-state index is 11.6. The largest absolute Gasteiger partial charge is 0.497 e. The number of nitrogens with zero attached hydrogens (tertiary/aromatic N) is 1. The van der Waals surface area contributed by atoms with E-state index in [-0.39, 0.29) is 24.8 Å². The molecule has 0 aliphatic heterocycles. The zero-order valence-electron chi connectivity index (χ0n) is 14.0. The predicted molar refractivity (Wildman–Crippen MR) is 87.7 cm³/mol. The normalized spacial score (nSPS) is 10.0. The molecule has 0 amide bonds. The van der Waals surface area contributed by atoms with E-state index in [0.717, 1.165) is 11.4 Å². The number of hydrogen-bond donors (Lipinski definition) is 0. The lowest BCUT2D eigenvalue weighted by Crippen LogP contribution is -2.29. The monoisotopic (exact) mass is 323 g/mol. The zero-order chi connectivity index (χ0) is 17.1. The van der Waals surface area contributed by atoms with Crippen LogP contribution in [-0.2, 0) is 19.1 Å². The summed E-state index contributed by atoms with van der Waals surface area (Å²) in [5.41, 5.74) is 0.916. The van der Waals surface area contributed by atoms with Crippen LogP contribution in [0, 0.1) is 0 Å². The first-order chi connectivity index (χ1) is 11.1. The van der Waals surface area contributed by atoms with Crippen molar-refractivity contribution in [2.45, 2.75) is 26.7 Å². The standard InChI is InChI=1S/C17H25NO5/c1-4-22-16(19)10-12-18(13-11-17(20)23-5-2)14-6-8-15(21-3)9-7-14/h6-9H,4-5,10-13H2,1-3H3. The maximum Gasteiger partial charge on any atom is 0.307 e. The molecule has 0 saturated heterocycles. The van der Waals surface area contributed by atoms with Crippen molar-refractivity contribution in [1.82, 2.24) is 0 Å². The molecule has 6 nitrogen and oxygen atoms in total. The number of hydrogen-bond acceptors (Lipinski definition) is 6. The summed E-state index contributed by atoms with van der Waals surface area (Å²) >= 11 is 0. The van der Waals surface area contributed by atoms with Crippen LogP contribution in [0.5, 0.6) is 5.75 Å². The predicted octanol–water partition coefficient (Wildman–Crippen LogP) is 2.41. The van der Waals surface area contributed by atoms with E-state index in [4.69, 9.17) is 14.2 Å². The molecule has 23 heavy (non-hydrogen) atoms. The number of benzene rings is 1. The molecule has 1 aromatic rings. The molecule has 0 aliphatic rings. The van der Waals surface area contributed by atoms with E-state index in [1.807, 2.05) is 29.2 Å². The Bertz CT molecular complexity index is 464. The number of carbonyl (C=O) groups excluding carboxylic acids is 2. The van der Waals surface area contributed by atoms with Crippen LogP contribution < -0.4 is 9.64 Å². The summed E-state index contributed by atoms with van der Waals surface area (Å²) in [6, 6.07) is 7.48. The topological polar surface area (TPSA) is 65.1 Å². The molecule has 1 aromatic carbocycles. The van der Waals surface area contributed by atoms with E-state index in [0.29, 0.717) is 26.3 Å². The van der Waals surface area contributed by atoms with Crippen LogP contribution in [0.3, 0.4) is 0 Å². The van der Waals surface area contributed by atoms with Crippen molar-refractivity contribution in [2.75, 3.05) is 38.3 Å². The highest BCUT2D eigenvalue weighted by molar-refractivity contribution is 5.71. The van der Waals surface area contributed by atoms with Gasteiger partial charge in [0.05, 0.1) is 33.2 Å². The summed E-state index contributed by atoms with van der Waals surface area (Å²) in [4.78, 5) is 25.1. The third-order valence-corrected chi connectivity index (χ3v) is 3.22. The quantitative estimate of drug-likeness (QED) is 0.616. The molecule has 0 N–H and O–H groups in total. The van der Waals surface area contributed by atoms with Gasteiger partial charge in [-0.1, -0.05) is 0 Å². The minimum atomic E-state index is -0.248. The van der Waals surface area contributed by atoms with Gasteiger partial charge in [-0.2, -0.15) is 0 Å². The van der Waals surface area contributed by atoms with Gasteiger partial charge in [0, 0.05) is 18.8 Å². The Hall–Kier alpha value is -2.24. The molecule has 0 aromatic heterocycles. The summed E-state index contributed by atoms with van der Waals surface area (Å²) in [5, 5.41) is 0. The fraction of sp³-hybridized carbons (Fsp3) is 0.529. The van der Waals surface area contributed by atoms with Crippen molar-refractivity contribution in [2.24, 2.45) is 0 Å². The van der Waals surface area contributed by atoms with Crippen molar-refractivity contribution >= 4 is 17.6 Å². The van der Waals surface area contributed by atoms with Gasteiger partial charge in [-0.3, -0.25) is 9.59 Å². The SMILES string of the molecule is CCOC(=O)CCN(CCC(=O)OCC)c1ccc(OC)cc1. The lowest BCUT2D eigenvalue weighted by Gasteiger charge is -2.24. The van der Waals surface area contributed by atoms with Gasteiger partial charge in [0.2, 0.25) is 0 Å². The Labute approximate surface area is 137 Å². The van der Waals surface area contributed by atoms with Gasteiger partial charge < -0.3 is 19.1 Å². The van der Waals surface area contributed by atoms with E-state index >= 15 is 0 Å². The number of esters is 2. The smallest absolute Gasteiger partial charge is 0.307 e. The van der Waals surface area contributed by atoms with Gasteiger partial charge >= 0.3 is 11.9 Å². The second-order valence-electron chi connectivity index (χ2n) is 4.80.